The van der Waals surface area contributed by atoms with Gasteiger partial charge in [0.05, 0.1) is 18.9 Å². The summed E-state index contributed by atoms with van der Waals surface area (Å²) in [6.45, 7) is 0.633. The Morgan fingerprint density at radius 1 is 1.11 bits per heavy atom. The summed E-state index contributed by atoms with van der Waals surface area (Å²) >= 11 is 0. The number of esters is 1. The van der Waals surface area contributed by atoms with Crippen molar-refractivity contribution >= 4 is 23.9 Å². The lowest BCUT2D eigenvalue weighted by molar-refractivity contribution is -0.137. The smallest absolute Gasteiger partial charge is 0.338 e. The number of benzene rings is 2. The van der Waals surface area contributed by atoms with Gasteiger partial charge in [0.2, 0.25) is 0 Å². The molecule has 0 saturated heterocycles. The largest absolute Gasteiger partial charge is 0.478 e. The summed E-state index contributed by atoms with van der Waals surface area (Å²) in [5.41, 5.74) is 1.91. The van der Waals surface area contributed by atoms with Gasteiger partial charge in [-0.15, -0.1) is 12.4 Å². The van der Waals surface area contributed by atoms with E-state index in [9.17, 15) is 13.6 Å². The molecule has 0 saturated carbocycles. The second kappa shape index (κ2) is 10.0. The third kappa shape index (κ3) is 5.18. The maximum Gasteiger partial charge on any atom is 0.338 e. The maximum atomic E-state index is 13.7. The first-order valence-electron chi connectivity index (χ1n) is 8.48. The van der Waals surface area contributed by atoms with Crippen LogP contribution in [0.3, 0.4) is 0 Å². The summed E-state index contributed by atoms with van der Waals surface area (Å²) in [5, 5.41) is 3.08. The Labute approximate surface area is 168 Å². The van der Waals surface area contributed by atoms with Gasteiger partial charge in [0.1, 0.15) is 11.6 Å². The molecule has 7 heteroatoms. The Kier molecular flexibility index (Phi) is 7.72. The highest BCUT2D eigenvalue weighted by Crippen LogP contribution is 2.26. The average molecular weight is 408 g/mol. The van der Waals surface area contributed by atoms with Gasteiger partial charge in [0, 0.05) is 12.1 Å². The van der Waals surface area contributed by atoms with Crippen LogP contribution in [-0.2, 0) is 14.3 Å². The first kappa shape index (κ1) is 21.6. The lowest BCUT2D eigenvalue weighted by Gasteiger charge is -2.24. The first-order valence-corrected chi connectivity index (χ1v) is 8.48. The highest BCUT2D eigenvalue weighted by atomic mass is 35.5. The predicted molar refractivity (Wildman–Crippen MR) is 105 cm³/mol. The van der Waals surface area contributed by atoms with Crippen LogP contribution in [0.2, 0.25) is 0 Å². The van der Waals surface area contributed by atoms with Crippen molar-refractivity contribution < 1.29 is 23.0 Å². The van der Waals surface area contributed by atoms with Crippen LogP contribution in [0.4, 0.5) is 8.78 Å². The fourth-order valence-electron chi connectivity index (χ4n) is 2.84. The molecule has 0 amide bonds. The molecule has 1 atom stereocenters. The molecule has 0 bridgehead atoms. The van der Waals surface area contributed by atoms with Crippen LogP contribution in [0, 0.1) is 11.6 Å². The minimum absolute atomic E-state index is 0. The Morgan fingerprint density at radius 2 is 1.71 bits per heavy atom. The highest BCUT2D eigenvalue weighted by Gasteiger charge is 2.25. The number of methoxy groups -OCH3 is 1. The Bertz CT molecular complexity index is 851. The second-order valence-electron chi connectivity index (χ2n) is 5.96. The number of carbonyl (C=O) groups is 1. The van der Waals surface area contributed by atoms with Gasteiger partial charge in [-0.1, -0.05) is 30.3 Å². The van der Waals surface area contributed by atoms with E-state index in [0.29, 0.717) is 35.2 Å². The number of hydrogen-bond acceptors (Lipinski definition) is 4. The molecule has 1 unspecified atom stereocenters. The topological polar surface area (TPSA) is 47.6 Å². The summed E-state index contributed by atoms with van der Waals surface area (Å²) in [5.74, 6) is -1.32. The molecule has 0 aliphatic carbocycles. The molecular weight excluding hydrogens is 388 g/mol. The summed E-state index contributed by atoms with van der Waals surface area (Å²) in [6, 6.07) is 11.9. The number of carbonyl (C=O) groups excluding carboxylic acids is 1. The van der Waals surface area contributed by atoms with Crippen LogP contribution in [0.1, 0.15) is 17.5 Å². The summed E-state index contributed by atoms with van der Waals surface area (Å²) in [4.78, 5) is 11.9. The SMILES string of the molecule is COC(=O)C1=CCCNC1OC=C(c1cccc(F)c1)c1cccc(F)c1.Cl. The first-order chi connectivity index (χ1) is 13.1. The van der Waals surface area contributed by atoms with Crippen LogP contribution in [0.5, 0.6) is 0 Å². The lowest BCUT2D eigenvalue weighted by Crippen LogP contribution is -2.39. The Morgan fingerprint density at radius 3 is 2.25 bits per heavy atom. The Hall–Kier alpha value is -2.70. The van der Waals surface area contributed by atoms with E-state index >= 15 is 0 Å². The molecule has 1 heterocycles. The quantitative estimate of drug-likeness (QED) is 0.595. The molecule has 0 fully saturated rings. The molecule has 28 heavy (non-hydrogen) atoms. The van der Waals surface area contributed by atoms with Crippen molar-refractivity contribution in [2.24, 2.45) is 0 Å². The van der Waals surface area contributed by atoms with E-state index in [1.165, 1.54) is 37.6 Å². The highest BCUT2D eigenvalue weighted by molar-refractivity contribution is 5.89. The molecule has 0 radical (unpaired) electrons. The fourth-order valence-corrected chi connectivity index (χ4v) is 2.84. The van der Waals surface area contributed by atoms with Gasteiger partial charge in [-0.2, -0.15) is 0 Å². The van der Waals surface area contributed by atoms with Crippen LogP contribution in [-0.4, -0.2) is 25.9 Å². The third-order valence-corrected chi connectivity index (χ3v) is 4.14. The molecule has 3 rings (SSSR count). The fraction of sp³-hybridized carbons (Fsp3) is 0.190. The van der Waals surface area contributed by atoms with Crippen LogP contribution >= 0.6 is 12.4 Å². The van der Waals surface area contributed by atoms with Crippen LogP contribution in [0.15, 0.2) is 66.4 Å². The predicted octanol–water partition coefficient (Wildman–Crippen LogP) is 4.21. The second-order valence-corrected chi connectivity index (χ2v) is 5.96. The standard InChI is InChI=1S/C21H19F2NO3.ClH/c1-26-21(25)18-9-4-10-24-20(18)27-13-19(14-5-2-7-16(22)11-14)15-6-3-8-17(23)12-15;/h2-3,5-9,11-13,20,24H,4,10H2,1H3;1H. The summed E-state index contributed by atoms with van der Waals surface area (Å²) in [7, 11) is 1.30. The normalized spacial score (nSPS) is 15.7. The maximum absolute atomic E-state index is 13.7. The van der Waals surface area contributed by atoms with E-state index in [1.54, 1.807) is 30.3 Å². The van der Waals surface area contributed by atoms with E-state index in [1.807, 2.05) is 0 Å². The summed E-state index contributed by atoms with van der Waals surface area (Å²) in [6.07, 6.45) is 3.13. The van der Waals surface area contributed by atoms with Gasteiger partial charge in [-0.3, -0.25) is 5.32 Å². The van der Waals surface area contributed by atoms with Crippen molar-refractivity contribution in [2.75, 3.05) is 13.7 Å². The van der Waals surface area contributed by atoms with E-state index in [2.05, 4.69) is 5.32 Å². The summed E-state index contributed by atoms with van der Waals surface area (Å²) < 4.78 is 38.0. The zero-order valence-electron chi connectivity index (χ0n) is 15.2. The number of nitrogens with one attached hydrogen (secondary N) is 1. The third-order valence-electron chi connectivity index (χ3n) is 4.14. The number of hydrogen-bond donors (Lipinski definition) is 1. The minimum Gasteiger partial charge on any atom is -0.478 e. The van der Waals surface area contributed by atoms with Crippen molar-refractivity contribution in [1.82, 2.24) is 5.32 Å². The van der Waals surface area contributed by atoms with Crippen molar-refractivity contribution in [1.29, 1.82) is 0 Å². The zero-order chi connectivity index (χ0) is 19.2. The zero-order valence-corrected chi connectivity index (χ0v) is 16.0. The van der Waals surface area contributed by atoms with Gasteiger partial charge in [0.15, 0.2) is 6.23 Å². The van der Waals surface area contributed by atoms with Crippen molar-refractivity contribution in [3.63, 3.8) is 0 Å². The van der Waals surface area contributed by atoms with Gasteiger partial charge in [0.25, 0.3) is 0 Å². The van der Waals surface area contributed by atoms with Crippen LogP contribution < -0.4 is 5.32 Å². The van der Waals surface area contributed by atoms with Gasteiger partial charge >= 0.3 is 5.97 Å². The average Bonchev–Trinajstić information content (AvgIpc) is 2.68. The molecule has 2 aromatic carbocycles. The van der Waals surface area contributed by atoms with Gasteiger partial charge in [-0.25, -0.2) is 13.6 Å². The molecule has 1 aliphatic rings. The van der Waals surface area contributed by atoms with E-state index in [-0.39, 0.29) is 12.4 Å². The molecule has 0 spiro atoms. The molecule has 148 valence electrons. The lowest BCUT2D eigenvalue weighted by atomic mass is 9.99. The van der Waals surface area contributed by atoms with E-state index < -0.39 is 23.8 Å². The van der Waals surface area contributed by atoms with Crippen molar-refractivity contribution in [3.8, 4) is 0 Å². The van der Waals surface area contributed by atoms with E-state index in [0.717, 1.165) is 0 Å². The van der Waals surface area contributed by atoms with Gasteiger partial charge in [-0.05, 0) is 41.8 Å². The monoisotopic (exact) mass is 407 g/mol. The Balaban J connectivity index is 0.00000280. The molecule has 4 nitrogen and oxygen atoms in total. The van der Waals surface area contributed by atoms with Crippen molar-refractivity contribution in [3.05, 3.63) is 89.2 Å². The minimum atomic E-state index is -0.705. The van der Waals surface area contributed by atoms with E-state index in [4.69, 9.17) is 9.47 Å². The number of halogens is 3. The molecule has 0 aromatic heterocycles. The molecule has 2 aromatic rings. The van der Waals surface area contributed by atoms with Gasteiger partial charge < -0.3 is 9.47 Å². The number of rotatable bonds is 5. The molecular formula is C21H20ClF2NO3. The van der Waals surface area contributed by atoms with Crippen LogP contribution in [0.25, 0.3) is 5.57 Å². The molecule has 1 aliphatic heterocycles. The van der Waals surface area contributed by atoms with Crippen molar-refractivity contribution in [2.45, 2.75) is 12.6 Å². The molecule has 1 N–H and O–H groups in total. The number of ether oxygens (including phenoxy) is 2.